The molecule has 0 saturated carbocycles. The maximum absolute atomic E-state index is 11.9. The van der Waals surface area contributed by atoms with E-state index >= 15 is 0 Å². The molecule has 98 valence electrons. The lowest BCUT2D eigenvalue weighted by Gasteiger charge is -2.14. The zero-order valence-corrected chi connectivity index (χ0v) is 11.0. The molecule has 5 nitrogen and oxygen atoms in total. The molecule has 0 spiro atoms. The van der Waals surface area contributed by atoms with Crippen LogP contribution in [0.1, 0.15) is 11.6 Å². The van der Waals surface area contributed by atoms with Gasteiger partial charge in [0.05, 0.1) is 7.11 Å². The third-order valence-corrected chi connectivity index (χ3v) is 3.00. The van der Waals surface area contributed by atoms with Crippen LogP contribution in [0.25, 0.3) is 0 Å². The summed E-state index contributed by atoms with van der Waals surface area (Å²) in [7, 11) is 5.63. The van der Waals surface area contributed by atoms with Crippen LogP contribution in [-0.4, -0.2) is 45.1 Å². The van der Waals surface area contributed by atoms with Crippen molar-refractivity contribution in [1.29, 1.82) is 0 Å². The molecule has 2 rings (SSSR count). The van der Waals surface area contributed by atoms with Crippen LogP contribution >= 0.6 is 0 Å². The van der Waals surface area contributed by atoms with E-state index in [4.69, 9.17) is 4.74 Å². The fraction of sp³-hybridized carbons (Fsp3) is 0.462. The molecular weight excluding hydrogens is 230 g/mol. The van der Waals surface area contributed by atoms with Gasteiger partial charge in [-0.15, -0.1) is 0 Å². The summed E-state index contributed by atoms with van der Waals surface area (Å²) in [5.41, 5.74) is 1.82. The van der Waals surface area contributed by atoms with Crippen LogP contribution in [-0.2, 0) is 4.79 Å². The lowest BCUT2D eigenvalue weighted by molar-refractivity contribution is -0.117. The molecule has 1 heterocycles. The fourth-order valence-corrected chi connectivity index (χ4v) is 2.00. The SMILES string of the molecule is COc1ccc2c(c1)NC(=O)C2NCCN(C)C. The highest BCUT2D eigenvalue weighted by Gasteiger charge is 2.30. The third kappa shape index (κ3) is 2.63. The molecule has 0 fully saturated rings. The van der Waals surface area contributed by atoms with Gasteiger partial charge in [0.2, 0.25) is 5.91 Å². The highest BCUT2D eigenvalue weighted by atomic mass is 16.5. The Bertz CT molecular complexity index is 446. The van der Waals surface area contributed by atoms with Crippen molar-refractivity contribution < 1.29 is 9.53 Å². The minimum absolute atomic E-state index is 0.00277. The molecule has 1 aliphatic heterocycles. The molecule has 1 unspecified atom stereocenters. The highest BCUT2D eigenvalue weighted by Crippen LogP contribution is 2.33. The van der Waals surface area contributed by atoms with E-state index in [2.05, 4.69) is 15.5 Å². The molecule has 0 bridgehead atoms. The number of ether oxygens (including phenoxy) is 1. The number of fused-ring (bicyclic) bond motifs is 1. The second kappa shape index (κ2) is 5.37. The molecule has 0 saturated heterocycles. The molecular formula is C13H19N3O2. The van der Waals surface area contributed by atoms with Gasteiger partial charge in [0.25, 0.3) is 0 Å². The van der Waals surface area contributed by atoms with Gasteiger partial charge in [0.1, 0.15) is 11.8 Å². The fourth-order valence-electron chi connectivity index (χ4n) is 2.00. The summed E-state index contributed by atoms with van der Waals surface area (Å²) in [5, 5.41) is 6.13. The van der Waals surface area contributed by atoms with Crippen LogP contribution in [0, 0.1) is 0 Å². The van der Waals surface area contributed by atoms with E-state index in [9.17, 15) is 4.79 Å². The molecule has 0 radical (unpaired) electrons. The molecule has 0 aliphatic carbocycles. The van der Waals surface area contributed by atoms with E-state index in [0.717, 1.165) is 30.1 Å². The Hall–Kier alpha value is -1.59. The zero-order valence-electron chi connectivity index (χ0n) is 11.0. The molecule has 1 aromatic rings. The van der Waals surface area contributed by atoms with Crippen LogP contribution in [0.15, 0.2) is 18.2 Å². The van der Waals surface area contributed by atoms with Gasteiger partial charge in [-0.3, -0.25) is 4.79 Å². The van der Waals surface area contributed by atoms with Crippen molar-refractivity contribution in [3.63, 3.8) is 0 Å². The average molecular weight is 249 g/mol. The molecule has 1 aromatic carbocycles. The molecule has 5 heteroatoms. The quantitative estimate of drug-likeness (QED) is 0.812. The van der Waals surface area contributed by atoms with Gasteiger partial charge >= 0.3 is 0 Å². The molecule has 2 N–H and O–H groups in total. The Morgan fingerprint density at radius 2 is 2.22 bits per heavy atom. The smallest absolute Gasteiger partial charge is 0.246 e. The summed E-state index contributed by atoms with van der Waals surface area (Å²) in [5.74, 6) is 0.750. The van der Waals surface area contributed by atoms with Crippen molar-refractivity contribution in [2.45, 2.75) is 6.04 Å². The number of nitrogens with zero attached hydrogens (tertiary/aromatic N) is 1. The van der Waals surface area contributed by atoms with E-state index in [0.29, 0.717) is 0 Å². The van der Waals surface area contributed by atoms with Crippen LogP contribution in [0.3, 0.4) is 0 Å². The van der Waals surface area contributed by atoms with Crippen molar-refractivity contribution in [2.24, 2.45) is 0 Å². The van der Waals surface area contributed by atoms with Crippen LogP contribution in [0.5, 0.6) is 5.75 Å². The number of likely N-dealkylation sites (N-methyl/N-ethyl adjacent to an activating group) is 1. The van der Waals surface area contributed by atoms with E-state index in [1.54, 1.807) is 7.11 Å². The van der Waals surface area contributed by atoms with Gasteiger partial charge in [-0.05, 0) is 20.2 Å². The number of carbonyl (C=O) groups excluding carboxylic acids is 1. The van der Waals surface area contributed by atoms with Crippen molar-refractivity contribution in [3.8, 4) is 5.75 Å². The first-order chi connectivity index (χ1) is 8.61. The summed E-state index contributed by atoms with van der Waals surface area (Å²) >= 11 is 0. The second-order valence-corrected chi connectivity index (χ2v) is 4.63. The number of rotatable bonds is 5. The average Bonchev–Trinajstić information content (AvgIpc) is 2.64. The van der Waals surface area contributed by atoms with Crippen LogP contribution in [0.4, 0.5) is 5.69 Å². The lowest BCUT2D eigenvalue weighted by Crippen LogP contribution is -2.33. The number of methoxy groups -OCH3 is 1. The molecule has 1 aliphatic rings. The first kappa shape index (κ1) is 12.9. The minimum Gasteiger partial charge on any atom is -0.497 e. The molecule has 0 aromatic heterocycles. The number of carbonyl (C=O) groups is 1. The zero-order chi connectivity index (χ0) is 13.1. The van der Waals surface area contributed by atoms with E-state index in [-0.39, 0.29) is 11.9 Å². The Labute approximate surface area is 107 Å². The maximum Gasteiger partial charge on any atom is 0.246 e. The summed E-state index contributed by atoms with van der Waals surface area (Å²) in [6.45, 7) is 1.67. The van der Waals surface area contributed by atoms with E-state index in [1.807, 2.05) is 32.3 Å². The Balaban J connectivity index is 2.08. The summed E-state index contributed by atoms with van der Waals surface area (Å²) in [6.07, 6.45) is 0. The van der Waals surface area contributed by atoms with Crippen molar-refractivity contribution in [1.82, 2.24) is 10.2 Å². The van der Waals surface area contributed by atoms with Crippen LogP contribution in [0.2, 0.25) is 0 Å². The van der Waals surface area contributed by atoms with Crippen LogP contribution < -0.4 is 15.4 Å². The number of hydrogen-bond donors (Lipinski definition) is 2. The number of anilines is 1. The lowest BCUT2D eigenvalue weighted by atomic mass is 10.1. The maximum atomic E-state index is 11.9. The molecule has 1 atom stereocenters. The number of nitrogens with one attached hydrogen (secondary N) is 2. The largest absolute Gasteiger partial charge is 0.497 e. The van der Waals surface area contributed by atoms with E-state index in [1.165, 1.54) is 0 Å². The predicted molar refractivity (Wildman–Crippen MR) is 70.9 cm³/mol. The third-order valence-electron chi connectivity index (χ3n) is 3.00. The van der Waals surface area contributed by atoms with Gasteiger partial charge < -0.3 is 20.3 Å². The first-order valence-corrected chi connectivity index (χ1v) is 5.98. The molecule has 1 amide bonds. The standard InChI is InChI=1S/C13H19N3O2/c1-16(2)7-6-14-12-10-5-4-9(18-3)8-11(10)15-13(12)17/h4-5,8,12,14H,6-7H2,1-3H3,(H,15,17). The summed E-state index contributed by atoms with van der Waals surface area (Å²) < 4.78 is 5.14. The predicted octanol–water partition coefficient (Wildman–Crippen LogP) is 0.840. The second-order valence-electron chi connectivity index (χ2n) is 4.63. The normalized spacial score (nSPS) is 17.8. The summed E-state index contributed by atoms with van der Waals surface area (Å²) in [6, 6.07) is 5.39. The van der Waals surface area contributed by atoms with Gasteiger partial charge in [0, 0.05) is 30.4 Å². The van der Waals surface area contributed by atoms with Gasteiger partial charge in [-0.25, -0.2) is 0 Å². The van der Waals surface area contributed by atoms with Gasteiger partial charge in [-0.1, -0.05) is 6.07 Å². The van der Waals surface area contributed by atoms with Crippen molar-refractivity contribution in [3.05, 3.63) is 23.8 Å². The topological polar surface area (TPSA) is 53.6 Å². The van der Waals surface area contributed by atoms with Gasteiger partial charge in [0.15, 0.2) is 0 Å². The van der Waals surface area contributed by atoms with Crippen molar-refractivity contribution in [2.75, 3.05) is 39.6 Å². The number of hydrogen-bond acceptors (Lipinski definition) is 4. The Morgan fingerprint density at radius 1 is 1.44 bits per heavy atom. The Kier molecular flexibility index (Phi) is 3.84. The minimum atomic E-state index is -0.258. The first-order valence-electron chi connectivity index (χ1n) is 5.98. The number of amides is 1. The van der Waals surface area contributed by atoms with E-state index < -0.39 is 0 Å². The highest BCUT2D eigenvalue weighted by molar-refractivity contribution is 6.02. The molecule has 18 heavy (non-hydrogen) atoms. The number of benzene rings is 1. The van der Waals surface area contributed by atoms with Gasteiger partial charge in [-0.2, -0.15) is 0 Å². The van der Waals surface area contributed by atoms with Crippen molar-refractivity contribution >= 4 is 11.6 Å². The monoisotopic (exact) mass is 249 g/mol. The Morgan fingerprint density at radius 3 is 2.89 bits per heavy atom. The summed E-state index contributed by atoms with van der Waals surface area (Å²) in [4.78, 5) is 14.0.